The van der Waals surface area contributed by atoms with Gasteiger partial charge in [-0.25, -0.2) is 9.78 Å². The number of methoxy groups -OCH3 is 1. The van der Waals surface area contributed by atoms with Gasteiger partial charge < -0.3 is 9.84 Å². The lowest BCUT2D eigenvalue weighted by molar-refractivity contribution is 0.0691. The van der Waals surface area contributed by atoms with Crippen LogP contribution in [0.3, 0.4) is 0 Å². The van der Waals surface area contributed by atoms with Crippen LogP contribution in [0.5, 0.6) is 5.88 Å². The van der Waals surface area contributed by atoms with Crippen LogP contribution in [0, 0.1) is 0 Å². The summed E-state index contributed by atoms with van der Waals surface area (Å²) in [5.74, 6) is -0.576. The Morgan fingerprint density at radius 2 is 2.25 bits per heavy atom. The highest BCUT2D eigenvalue weighted by Gasteiger charge is 2.14. The maximum atomic E-state index is 10.9. The molecule has 2 N–H and O–H groups in total. The van der Waals surface area contributed by atoms with Gasteiger partial charge in [-0.05, 0) is 6.07 Å². The number of aromatic amines is 1. The fraction of sp³-hybridized carbons (Fsp3) is 0.100. The zero-order valence-corrected chi connectivity index (χ0v) is 8.47. The van der Waals surface area contributed by atoms with Crippen LogP contribution < -0.4 is 4.74 Å². The van der Waals surface area contributed by atoms with Crippen molar-refractivity contribution in [2.75, 3.05) is 7.11 Å². The summed E-state index contributed by atoms with van der Waals surface area (Å²) in [5.41, 5.74) is 1.22. The van der Waals surface area contributed by atoms with Crippen LogP contribution in [0.25, 0.3) is 11.1 Å². The normalized spacial score (nSPS) is 10.1. The topological polar surface area (TPSA) is 88.1 Å². The molecule has 0 aliphatic heterocycles. The highest BCUT2D eigenvalue weighted by Crippen LogP contribution is 2.22. The molecule has 0 aromatic carbocycles. The first-order valence-electron chi connectivity index (χ1n) is 4.49. The molecule has 0 aliphatic rings. The van der Waals surface area contributed by atoms with E-state index in [1.165, 1.54) is 19.5 Å². The van der Waals surface area contributed by atoms with E-state index in [9.17, 15) is 4.79 Å². The number of pyridine rings is 1. The minimum Gasteiger partial charge on any atom is -0.481 e. The molecule has 0 unspecified atom stereocenters. The number of aromatic carboxylic acids is 1. The molecule has 0 bridgehead atoms. The summed E-state index contributed by atoms with van der Waals surface area (Å²) in [7, 11) is 1.52. The third-order valence-corrected chi connectivity index (χ3v) is 2.11. The Balaban J connectivity index is 2.42. The van der Waals surface area contributed by atoms with Gasteiger partial charge in [-0.3, -0.25) is 5.10 Å². The number of rotatable bonds is 3. The molecule has 0 atom stereocenters. The molecule has 0 radical (unpaired) electrons. The zero-order valence-electron chi connectivity index (χ0n) is 8.47. The summed E-state index contributed by atoms with van der Waals surface area (Å²) in [6.07, 6.45) is 2.99. The van der Waals surface area contributed by atoms with Crippen LogP contribution in [-0.2, 0) is 0 Å². The molecule has 0 amide bonds. The number of carboxylic acid groups (broad SMARTS) is 1. The SMILES string of the molecule is COc1ccc(-c2cn[nH]c2C(=O)O)cn1. The third-order valence-electron chi connectivity index (χ3n) is 2.11. The van der Waals surface area contributed by atoms with E-state index in [0.29, 0.717) is 17.0 Å². The van der Waals surface area contributed by atoms with E-state index in [-0.39, 0.29) is 5.69 Å². The second-order valence-corrected chi connectivity index (χ2v) is 3.05. The van der Waals surface area contributed by atoms with Gasteiger partial charge in [0, 0.05) is 23.4 Å². The van der Waals surface area contributed by atoms with Crippen molar-refractivity contribution < 1.29 is 14.6 Å². The van der Waals surface area contributed by atoms with E-state index < -0.39 is 5.97 Å². The number of nitrogens with one attached hydrogen (secondary N) is 1. The lowest BCUT2D eigenvalue weighted by atomic mass is 10.1. The van der Waals surface area contributed by atoms with E-state index >= 15 is 0 Å². The number of hydrogen-bond donors (Lipinski definition) is 2. The van der Waals surface area contributed by atoms with E-state index in [0.717, 1.165) is 0 Å². The quantitative estimate of drug-likeness (QED) is 0.809. The molecule has 2 aromatic rings. The number of carboxylic acids is 1. The van der Waals surface area contributed by atoms with E-state index in [4.69, 9.17) is 9.84 Å². The number of aromatic nitrogens is 3. The van der Waals surface area contributed by atoms with Crippen molar-refractivity contribution in [3.63, 3.8) is 0 Å². The fourth-order valence-electron chi connectivity index (χ4n) is 1.33. The van der Waals surface area contributed by atoms with Gasteiger partial charge in [0.1, 0.15) is 0 Å². The van der Waals surface area contributed by atoms with Gasteiger partial charge in [0.15, 0.2) is 5.69 Å². The Morgan fingerprint density at radius 3 is 2.81 bits per heavy atom. The van der Waals surface area contributed by atoms with Crippen LogP contribution >= 0.6 is 0 Å². The van der Waals surface area contributed by atoms with Gasteiger partial charge in [-0.1, -0.05) is 0 Å². The van der Waals surface area contributed by atoms with E-state index in [1.807, 2.05) is 0 Å². The van der Waals surface area contributed by atoms with Gasteiger partial charge >= 0.3 is 5.97 Å². The lowest BCUT2D eigenvalue weighted by Gasteiger charge is -2.01. The van der Waals surface area contributed by atoms with Crippen molar-refractivity contribution in [1.82, 2.24) is 15.2 Å². The second kappa shape index (κ2) is 4.01. The summed E-state index contributed by atoms with van der Waals surface area (Å²) in [5, 5.41) is 15.0. The van der Waals surface area contributed by atoms with Crippen LogP contribution in [0.2, 0.25) is 0 Å². The number of carbonyl (C=O) groups is 1. The van der Waals surface area contributed by atoms with Crippen LogP contribution in [0.1, 0.15) is 10.5 Å². The van der Waals surface area contributed by atoms with Crippen molar-refractivity contribution >= 4 is 5.97 Å². The van der Waals surface area contributed by atoms with Crippen molar-refractivity contribution in [1.29, 1.82) is 0 Å². The smallest absolute Gasteiger partial charge is 0.354 e. The summed E-state index contributed by atoms with van der Waals surface area (Å²) in [4.78, 5) is 14.9. The first-order chi connectivity index (χ1) is 7.72. The summed E-state index contributed by atoms with van der Waals surface area (Å²) >= 11 is 0. The molecule has 6 heteroatoms. The standard InChI is InChI=1S/C10H9N3O3/c1-16-8-3-2-6(4-11-8)7-5-12-13-9(7)10(14)15/h2-5H,1H3,(H,12,13)(H,14,15). The highest BCUT2D eigenvalue weighted by atomic mass is 16.5. The molecule has 16 heavy (non-hydrogen) atoms. The lowest BCUT2D eigenvalue weighted by Crippen LogP contribution is -1.99. The fourth-order valence-corrected chi connectivity index (χ4v) is 1.33. The maximum Gasteiger partial charge on any atom is 0.354 e. The zero-order chi connectivity index (χ0) is 11.5. The molecule has 2 aromatic heterocycles. The van der Waals surface area contributed by atoms with Gasteiger partial charge in [0.25, 0.3) is 0 Å². The Kier molecular flexibility index (Phi) is 2.55. The summed E-state index contributed by atoms with van der Waals surface area (Å²) in [6, 6.07) is 3.39. The molecular formula is C10H9N3O3. The highest BCUT2D eigenvalue weighted by molar-refractivity contribution is 5.93. The van der Waals surface area contributed by atoms with E-state index in [2.05, 4.69) is 15.2 Å². The van der Waals surface area contributed by atoms with Crippen molar-refractivity contribution in [3.8, 4) is 17.0 Å². The monoisotopic (exact) mass is 219 g/mol. The van der Waals surface area contributed by atoms with Crippen molar-refractivity contribution in [2.45, 2.75) is 0 Å². The summed E-state index contributed by atoms with van der Waals surface area (Å²) in [6.45, 7) is 0. The maximum absolute atomic E-state index is 10.9. The Bertz CT molecular complexity index is 504. The van der Waals surface area contributed by atoms with Crippen molar-refractivity contribution in [3.05, 3.63) is 30.2 Å². The Labute approximate surface area is 90.9 Å². The Morgan fingerprint density at radius 1 is 1.44 bits per heavy atom. The molecule has 0 saturated carbocycles. The van der Waals surface area contributed by atoms with Gasteiger partial charge in [-0.15, -0.1) is 0 Å². The predicted octanol–water partition coefficient (Wildman–Crippen LogP) is 1.18. The predicted molar refractivity (Wildman–Crippen MR) is 55.3 cm³/mol. The number of ether oxygens (including phenoxy) is 1. The average Bonchev–Trinajstić information content (AvgIpc) is 2.78. The third kappa shape index (κ3) is 1.72. The summed E-state index contributed by atoms with van der Waals surface area (Å²) < 4.78 is 4.91. The Hall–Kier alpha value is -2.37. The molecule has 6 nitrogen and oxygen atoms in total. The number of H-pyrrole nitrogens is 1. The van der Waals surface area contributed by atoms with Gasteiger partial charge in [0.2, 0.25) is 5.88 Å². The number of hydrogen-bond acceptors (Lipinski definition) is 4. The molecule has 0 fully saturated rings. The van der Waals surface area contributed by atoms with Gasteiger partial charge in [-0.2, -0.15) is 5.10 Å². The van der Waals surface area contributed by atoms with E-state index in [1.54, 1.807) is 12.1 Å². The van der Waals surface area contributed by atoms with Gasteiger partial charge in [0.05, 0.1) is 13.3 Å². The first-order valence-corrected chi connectivity index (χ1v) is 4.49. The number of nitrogens with zero attached hydrogens (tertiary/aromatic N) is 2. The van der Waals surface area contributed by atoms with Crippen molar-refractivity contribution in [2.24, 2.45) is 0 Å². The second-order valence-electron chi connectivity index (χ2n) is 3.05. The minimum absolute atomic E-state index is 0.0481. The van der Waals surface area contributed by atoms with Crippen LogP contribution in [-0.4, -0.2) is 33.4 Å². The largest absolute Gasteiger partial charge is 0.481 e. The van der Waals surface area contributed by atoms with Crippen LogP contribution in [0.15, 0.2) is 24.5 Å². The average molecular weight is 219 g/mol. The molecule has 0 aliphatic carbocycles. The first kappa shape index (κ1) is 10.2. The molecule has 0 saturated heterocycles. The molecule has 82 valence electrons. The molecular weight excluding hydrogens is 210 g/mol. The van der Waals surface area contributed by atoms with Crippen LogP contribution in [0.4, 0.5) is 0 Å². The molecule has 2 rings (SSSR count). The molecule has 0 spiro atoms. The minimum atomic E-state index is -1.05. The molecule has 2 heterocycles.